The Balaban J connectivity index is 2.03. The van der Waals surface area contributed by atoms with Gasteiger partial charge in [0.1, 0.15) is 5.69 Å². The highest BCUT2D eigenvalue weighted by Crippen LogP contribution is 2.23. The van der Waals surface area contributed by atoms with Gasteiger partial charge in [-0.1, -0.05) is 12.1 Å². The molecule has 0 radical (unpaired) electrons. The second kappa shape index (κ2) is 8.05. The molecule has 0 saturated heterocycles. The predicted molar refractivity (Wildman–Crippen MR) is 103 cm³/mol. The number of amides is 2. The molecule has 10 nitrogen and oxygen atoms in total. The highest BCUT2D eigenvalue weighted by atomic mass is 16.4. The maximum Gasteiger partial charge on any atom is 0.335 e. The van der Waals surface area contributed by atoms with Crippen LogP contribution in [0.1, 0.15) is 26.3 Å². The molecule has 10 heteroatoms. The Bertz CT molecular complexity index is 1100. The van der Waals surface area contributed by atoms with Crippen molar-refractivity contribution in [3.05, 3.63) is 71.4 Å². The number of nitrogens with one attached hydrogen (secondary N) is 1. The number of carboxylic acid groups (broad SMARTS) is 2. The van der Waals surface area contributed by atoms with Crippen LogP contribution in [0.5, 0.6) is 0 Å². The summed E-state index contributed by atoms with van der Waals surface area (Å²) in [6, 6.07) is 11.3. The van der Waals surface area contributed by atoms with Gasteiger partial charge < -0.3 is 15.9 Å². The summed E-state index contributed by atoms with van der Waals surface area (Å²) in [5.74, 6) is -2.09. The van der Waals surface area contributed by atoms with Gasteiger partial charge >= 0.3 is 18.0 Å². The second-order valence-electron chi connectivity index (χ2n) is 5.85. The standard InChI is InChI=1S/C19H15N5O5/c20-19(29)22-21-9-14-10-24(15-7-5-13(6-8-15)18(27)28)23-16(14)11-1-3-12(4-2-11)17(25)26/h1-10H,(H,25,26)(H,27,28)(H3,20,22,29)/b21-9+. The molecule has 0 saturated carbocycles. The number of nitrogens with two attached hydrogens (primary N) is 1. The Kier molecular flexibility index (Phi) is 5.35. The van der Waals surface area contributed by atoms with Crippen LogP contribution < -0.4 is 11.2 Å². The van der Waals surface area contributed by atoms with Gasteiger partial charge in [-0.2, -0.15) is 10.2 Å². The highest BCUT2D eigenvalue weighted by molar-refractivity contribution is 5.91. The molecule has 1 heterocycles. The maximum absolute atomic E-state index is 11.1. The van der Waals surface area contributed by atoms with Crippen LogP contribution in [0.25, 0.3) is 16.9 Å². The number of urea groups is 1. The molecule has 0 fully saturated rings. The Labute approximate surface area is 163 Å². The first kappa shape index (κ1) is 19.3. The van der Waals surface area contributed by atoms with Crippen LogP contribution in [-0.4, -0.2) is 44.2 Å². The zero-order chi connectivity index (χ0) is 21.0. The van der Waals surface area contributed by atoms with Gasteiger partial charge in [-0.25, -0.2) is 24.5 Å². The molecule has 2 aromatic carbocycles. The van der Waals surface area contributed by atoms with Crippen molar-refractivity contribution in [3.63, 3.8) is 0 Å². The zero-order valence-corrected chi connectivity index (χ0v) is 14.8. The fourth-order valence-corrected chi connectivity index (χ4v) is 2.53. The fraction of sp³-hybridized carbons (Fsp3) is 0. The van der Waals surface area contributed by atoms with Crippen LogP contribution in [0.4, 0.5) is 4.79 Å². The quantitative estimate of drug-likeness (QED) is 0.370. The van der Waals surface area contributed by atoms with Crippen LogP contribution in [0.15, 0.2) is 59.8 Å². The molecule has 0 aliphatic heterocycles. The van der Waals surface area contributed by atoms with Crippen molar-refractivity contribution in [3.8, 4) is 16.9 Å². The normalized spacial score (nSPS) is 10.8. The Morgan fingerprint density at radius 1 is 0.966 bits per heavy atom. The highest BCUT2D eigenvalue weighted by Gasteiger charge is 2.13. The molecule has 0 atom stereocenters. The Morgan fingerprint density at radius 3 is 2.03 bits per heavy atom. The molecule has 3 rings (SSSR count). The summed E-state index contributed by atoms with van der Waals surface area (Å²) in [7, 11) is 0. The van der Waals surface area contributed by atoms with Crippen LogP contribution in [0, 0.1) is 0 Å². The lowest BCUT2D eigenvalue weighted by atomic mass is 10.1. The summed E-state index contributed by atoms with van der Waals surface area (Å²) < 4.78 is 1.51. The molecule has 146 valence electrons. The van der Waals surface area contributed by atoms with Crippen LogP contribution in [-0.2, 0) is 0 Å². The number of aromatic nitrogens is 2. The van der Waals surface area contributed by atoms with Gasteiger partial charge in [0.2, 0.25) is 0 Å². The van der Waals surface area contributed by atoms with E-state index in [0.29, 0.717) is 22.5 Å². The lowest BCUT2D eigenvalue weighted by Crippen LogP contribution is -2.24. The van der Waals surface area contributed by atoms with Crippen LogP contribution in [0.2, 0.25) is 0 Å². The number of nitrogens with zero attached hydrogens (tertiary/aromatic N) is 3. The van der Waals surface area contributed by atoms with E-state index in [-0.39, 0.29) is 11.1 Å². The minimum atomic E-state index is -1.05. The summed E-state index contributed by atoms with van der Waals surface area (Å²) in [5.41, 5.74) is 9.57. The number of carboxylic acids is 2. The third-order valence-electron chi connectivity index (χ3n) is 3.91. The minimum Gasteiger partial charge on any atom is -0.478 e. The average Bonchev–Trinajstić information content (AvgIpc) is 3.12. The van der Waals surface area contributed by atoms with Crippen molar-refractivity contribution >= 4 is 24.2 Å². The maximum atomic E-state index is 11.1. The van der Waals surface area contributed by atoms with Crippen molar-refractivity contribution in [1.82, 2.24) is 15.2 Å². The van der Waals surface area contributed by atoms with E-state index in [4.69, 9.17) is 15.9 Å². The van der Waals surface area contributed by atoms with Gasteiger partial charge in [-0.3, -0.25) is 0 Å². The second-order valence-corrected chi connectivity index (χ2v) is 5.85. The number of hydrazone groups is 1. The number of primary amides is 1. The first-order chi connectivity index (χ1) is 13.8. The monoisotopic (exact) mass is 393 g/mol. The molecule has 2 amide bonds. The number of aromatic carboxylic acids is 2. The SMILES string of the molecule is NC(=O)N/N=C/c1cn(-c2ccc(C(=O)O)cc2)nc1-c1ccc(C(=O)O)cc1. The first-order valence-electron chi connectivity index (χ1n) is 8.21. The molecule has 0 aliphatic carbocycles. The van der Waals surface area contributed by atoms with E-state index < -0.39 is 18.0 Å². The lowest BCUT2D eigenvalue weighted by molar-refractivity contribution is 0.0686. The van der Waals surface area contributed by atoms with Gasteiger partial charge in [0.05, 0.1) is 23.0 Å². The molecule has 5 N–H and O–H groups in total. The molecule has 29 heavy (non-hydrogen) atoms. The third kappa shape index (κ3) is 4.45. The Morgan fingerprint density at radius 2 is 1.52 bits per heavy atom. The predicted octanol–water partition coefficient (Wildman–Crippen LogP) is 1.94. The molecule has 3 aromatic rings. The molecular formula is C19H15N5O5. The number of carbonyl (C=O) groups is 3. The molecular weight excluding hydrogens is 378 g/mol. The number of carbonyl (C=O) groups excluding carboxylic acids is 1. The van der Waals surface area contributed by atoms with Crippen molar-refractivity contribution in [2.45, 2.75) is 0 Å². The summed E-state index contributed by atoms with van der Waals surface area (Å²) in [4.78, 5) is 32.9. The van der Waals surface area contributed by atoms with Crippen molar-refractivity contribution in [1.29, 1.82) is 0 Å². The molecule has 1 aromatic heterocycles. The van der Waals surface area contributed by atoms with E-state index >= 15 is 0 Å². The third-order valence-corrected chi connectivity index (χ3v) is 3.91. The van der Waals surface area contributed by atoms with Gasteiger partial charge in [0.25, 0.3) is 0 Å². The van der Waals surface area contributed by atoms with Gasteiger partial charge in [-0.05, 0) is 36.4 Å². The van der Waals surface area contributed by atoms with E-state index in [0.717, 1.165) is 0 Å². The summed E-state index contributed by atoms with van der Waals surface area (Å²) >= 11 is 0. The zero-order valence-electron chi connectivity index (χ0n) is 14.8. The molecule has 0 bridgehead atoms. The summed E-state index contributed by atoms with van der Waals surface area (Å²) in [5, 5.41) is 26.3. The van der Waals surface area contributed by atoms with Crippen molar-refractivity contribution in [2.75, 3.05) is 0 Å². The van der Waals surface area contributed by atoms with E-state index in [1.165, 1.54) is 35.2 Å². The average molecular weight is 393 g/mol. The summed E-state index contributed by atoms with van der Waals surface area (Å²) in [6.45, 7) is 0. The largest absolute Gasteiger partial charge is 0.478 e. The summed E-state index contributed by atoms with van der Waals surface area (Å²) in [6.07, 6.45) is 2.97. The van der Waals surface area contributed by atoms with Crippen molar-refractivity contribution in [2.24, 2.45) is 10.8 Å². The van der Waals surface area contributed by atoms with E-state index in [1.54, 1.807) is 30.5 Å². The van der Waals surface area contributed by atoms with Crippen LogP contribution >= 0.6 is 0 Å². The van der Waals surface area contributed by atoms with E-state index in [1.807, 2.05) is 0 Å². The fourth-order valence-electron chi connectivity index (χ4n) is 2.53. The topological polar surface area (TPSA) is 160 Å². The van der Waals surface area contributed by atoms with Gasteiger partial charge in [-0.15, -0.1) is 0 Å². The van der Waals surface area contributed by atoms with Gasteiger partial charge in [0, 0.05) is 17.3 Å². The van der Waals surface area contributed by atoms with Crippen LogP contribution in [0.3, 0.4) is 0 Å². The molecule has 0 unspecified atom stereocenters. The van der Waals surface area contributed by atoms with E-state index in [9.17, 15) is 14.4 Å². The number of benzene rings is 2. The molecule has 0 spiro atoms. The minimum absolute atomic E-state index is 0.128. The van der Waals surface area contributed by atoms with E-state index in [2.05, 4.69) is 15.6 Å². The number of hydrogen-bond donors (Lipinski definition) is 4. The van der Waals surface area contributed by atoms with Gasteiger partial charge in [0.15, 0.2) is 0 Å². The number of rotatable bonds is 6. The number of hydrogen-bond acceptors (Lipinski definition) is 5. The molecule has 0 aliphatic rings. The Hall–Kier alpha value is -4.47. The van der Waals surface area contributed by atoms with Crippen molar-refractivity contribution < 1.29 is 24.6 Å². The lowest BCUT2D eigenvalue weighted by Gasteiger charge is -2.02. The smallest absolute Gasteiger partial charge is 0.335 e. The first-order valence-corrected chi connectivity index (χ1v) is 8.21.